The molecular formula is C45H71N4O7+3. The van der Waals surface area contributed by atoms with Gasteiger partial charge in [-0.2, -0.15) is 0 Å². The van der Waals surface area contributed by atoms with E-state index < -0.39 is 29.8 Å². The molecule has 1 spiro atoms. The number of methoxy groups -OCH3 is 1. The Bertz CT molecular complexity index is 1490. The molecule has 4 aliphatic carbocycles. The van der Waals surface area contributed by atoms with Crippen molar-refractivity contribution in [2.24, 2.45) is 63.5 Å². The number of carbonyl (C=O) groups is 2. The normalized spacial score (nSPS) is 42.5. The summed E-state index contributed by atoms with van der Waals surface area (Å²) in [5, 5.41) is 50.7. The number of allylic oxidation sites excluding steroid dienone is 1. The van der Waals surface area contributed by atoms with Crippen LogP contribution >= 0.6 is 0 Å². The molecule has 3 saturated carbocycles. The molecule has 3 aliphatic heterocycles. The van der Waals surface area contributed by atoms with Crippen LogP contribution in [-0.4, -0.2) is 101 Å². The number of ketones is 2. The Morgan fingerprint density at radius 2 is 1.79 bits per heavy atom. The number of aliphatic imine (C=N–C) groups is 1. The summed E-state index contributed by atoms with van der Waals surface area (Å²) in [5.41, 5.74) is 6.45. The van der Waals surface area contributed by atoms with Gasteiger partial charge in [0.25, 0.3) is 0 Å². The molecule has 2 saturated heterocycles. The summed E-state index contributed by atoms with van der Waals surface area (Å²) in [6.45, 7) is 3.83. The second kappa shape index (κ2) is 18.8. The summed E-state index contributed by atoms with van der Waals surface area (Å²) < 4.78 is 5.68. The van der Waals surface area contributed by atoms with Crippen molar-refractivity contribution in [3.63, 3.8) is 0 Å². The van der Waals surface area contributed by atoms with Gasteiger partial charge in [-0.25, -0.2) is 0 Å². The fraction of sp³-hybridized carbons (Fsp3) is 0.822. The van der Waals surface area contributed by atoms with E-state index in [1.165, 1.54) is 12.0 Å². The van der Waals surface area contributed by atoms with E-state index in [1.54, 1.807) is 7.11 Å². The zero-order valence-electron chi connectivity index (χ0n) is 33.7. The van der Waals surface area contributed by atoms with E-state index in [0.29, 0.717) is 86.4 Å². The summed E-state index contributed by atoms with van der Waals surface area (Å²) in [6, 6.07) is 0.463. The number of hydrogen-bond acceptors (Lipinski definition) is 9. The Kier molecular flexibility index (Phi) is 14.1. The number of rotatable bonds is 12. The monoisotopic (exact) mass is 780 g/mol. The quantitative estimate of drug-likeness (QED) is 0.115. The van der Waals surface area contributed by atoms with Crippen LogP contribution in [0.4, 0.5) is 0 Å². The van der Waals surface area contributed by atoms with Crippen molar-refractivity contribution >= 4 is 17.8 Å². The number of aliphatic hydroxyl groups is 4. The van der Waals surface area contributed by atoms with E-state index in [-0.39, 0.29) is 42.2 Å². The molecule has 56 heavy (non-hydrogen) atoms. The molecule has 11 nitrogen and oxygen atoms in total. The largest absolute Gasteiger partial charge is 0.391 e. The first-order chi connectivity index (χ1) is 27.0. The average molecular weight is 780 g/mol. The highest BCUT2D eigenvalue weighted by Crippen LogP contribution is 2.47. The molecule has 7 aliphatic rings. The van der Waals surface area contributed by atoms with E-state index in [4.69, 9.17) is 10.5 Å². The molecule has 16 atom stereocenters. The molecule has 7 rings (SSSR count). The maximum absolute atomic E-state index is 14.2. The maximum Gasteiger partial charge on any atom is 0.176 e. The molecule has 0 bridgehead atoms. The Labute approximate surface area is 334 Å². The van der Waals surface area contributed by atoms with Crippen LogP contribution in [0.1, 0.15) is 116 Å². The second-order valence-corrected chi connectivity index (χ2v) is 19.3. The van der Waals surface area contributed by atoms with Crippen molar-refractivity contribution in [2.45, 2.75) is 158 Å². The van der Waals surface area contributed by atoms with Crippen molar-refractivity contribution in [1.29, 1.82) is 0 Å². The van der Waals surface area contributed by atoms with Crippen LogP contribution in [-0.2, 0) is 14.3 Å². The van der Waals surface area contributed by atoms with E-state index in [0.717, 1.165) is 70.9 Å². The zero-order valence-corrected chi connectivity index (χ0v) is 33.7. The van der Waals surface area contributed by atoms with Gasteiger partial charge < -0.3 is 35.8 Å². The molecule has 0 radical (unpaired) electrons. The molecule has 16 unspecified atom stereocenters. The van der Waals surface area contributed by atoms with Gasteiger partial charge in [0.2, 0.25) is 0 Å². The first-order valence-corrected chi connectivity index (χ1v) is 22.3. The lowest BCUT2D eigenvalue weighted by molar-refractivity contribution is -0.711. The molecule has 11 heteroatoms. The Balaban J connectivity index is 1.01. The fourth-order valence-electron chi connectivity index (χ4n) is 12.3. The minimum Gasteiger partial charge on any atom is -0.391 e. The van der Waals surface area contributed by atoms with Gasteiger partial charge in [0.15, 0.2) is 12.0 Å². The number of Topliss-reactive ketones (excluding diaryl/α,β-unsaturated/α-hetero) is 2. The van der Waals surface area contributed by atoms with Crippen molar-refractivity contribution in [3.05, 3.63) is 18.2 Å². The minimum atomic E-state index is -1.13. The highest BCUT2D eigenvalue weighted by atomic mass is 16.5. The van der Waals surface area contributed by atoms with Crippen molar-refractivity contribution < 1.29 is 45.4 Å². The van der Waals surface area contributed by atoms with Gasteiger partial charge in [-0.05, 0) is 107 Å². The van der Waals surface area contributed by atoms with Crippen LogP contribution in [0.15, 0.2) is 16.6 Å². The maximum atomic E-state index is 14.2. The topological polar surface area (TPSA) is 196 Å². The number of aliphatic hydroxyl groups excluding tert-OH is 4. The first-order valence-electron chi connectivity index (χ1n) is 22.3. The number of piperidine rings is 2. The van der Waals surface area contributed by atoms with E-state index >= 15 is 0 Å². The average Bonchev–Trinajstić information content (AvgIpc) is 3.72. The Hall–Kier alpha value is -2.14. The van der Waals surface area contributed by atoms with Gasteiger partial charge in [0.1, 0.15) is 29.5 Å². The Morgan fingerprint density at radius 3 is 2.57 bits per heavy atom. The summed E-state index contributed by atoms with van der Waals surface area (Å²) in [4.78, 5) is 30.4. The molecule has 0 aromatic rings. The number of nitrogens with zero attached hydrogens (tertiary/aromatic N) is 1. The smallest absolute Gasteiger partial charge is 0.176 e. The third-order valence-corrected chi connectivity index (χ3v) is 15.8. The zero-order chi connectivity index (χ0) is 39.4. The highest BCUT2D eigenvalue weighted by Gasteiger charge is 2.50. The number of ether oxygens (including phenoxy) is 1. The summed E-state index contributed by atoms with van der Waals surface area (Å²) in [7, 11) is 1.62. The molecule has 5 fully saturated rings. The van der Waals surface area contributed by atoms with Crippen LogP contribution in [0.3, 0.4) is 0 Å². The number of hydrogen-bond donors (Lipinski definition) is 7. The second-order valence-electron chi connectivity index (χ2n) is 19.3. The highest BCUT2D eigenvalue weighted by molar-refractivity contribution is 5.89. The molecule has 310 valence electrons. The lowest BCUT2D eigenvalue weighted by atomic mass is 9.64. The third kappa shape index (κ3) is 9.82. The third-order valence-electron chi connectivity index (χ3n) is 15.8. The number of nitrogens with two attached hydrogens (primary N) is 3. The SMILES string of the molecule is COC1CC2CCC(=O)C3(C#CC(CC(O)C(O)CCC4CC(N)[NH2+]CC4CC4=C[CH+]N=C4)C2CC1O)CCC(CCC1C[NH2+]C2CC(=O)CCC2C1)CC3O. The predicted molar refractivity (Wildman–Crippen MR) is 212 cm³/mol. The van der Waals surface area contributed by atoms with Crippen LogP contribution in [0.5, 0.6) is 0 Å². The van der Waals surface area contributed by atoms with Crippen molar-refractivity contribution in [2.75, 3.05) is 20.2 Å². The molecule has 0 amide bonds. The van der Waals surface area contributed by atoms with Crippen molar-refractivity contribution in [1.82, 2.24) is 0 Å². The summed E-state index contributed by atoms with van der Waals surface area (Å²) in [6.07, 6.45) is 13.3. The Morgan fingerprint density at radius 1 is 0.964 bits per heavy atom. The first kappa shape index (κ1) is 42.0. The lowest BCUT2D eigenvalue weighted by Gasteiger charge is -2.42. The van der Waals surface area contributed by atoms with E-state index in [9.17, 15) is 30.0 Å². The van der Waals surface area contributed by atoms with Gasteiger partial charge in [-0.15, -0.1) is 4.99 Å². The molecule has 0 aromatic heterocycles. The molecule has 0 aromatic carbocycles. The van der Waals surface area contributed by atoms with Gasteiger partial charge in [-0.1, -0.05) is 11.8 Å². The molecule has 3 heterocycles. The van der Waals surface area contributed by atoms with Crippen LogP contribution in [0, 0.1) is 71.1 Å². The molecule has 10 N–H and O–H groups in total. The molecular weight excluding hydrogens is 709 g/mol. The lowest BCUT2D eigenvalue weighted by Crippen LogP contribution is -2.96. The van der Waals surface area contributed by atoms with Crippen LogP contribution < -0.4 is 16.4 Å². The van der Waals surface area contributed by atoms with Gasteiger partial charge in [0, 0.05) is 56.5 Å². The summed E-state index contributed by atoms with van der Waals surface area (Å²) in [5.74, 6) is 9.34. The van der Waals surface area contributed by atoms with E-state index in [2.05, 4.69) is 33.5 Å². The van der Waals surface area contributed by atoms with Gasteiger partial charge in [-0.3, -0.25) is 15.3 Å². The minimum absolute atomic E-state index is 0.0193. The number of fused-ring (bicyclic) bond motifs is 2. The van der Waals surface area contributed by atoms with Crippen LogP contribution in [0.25, 0.3) is 0 Å². The number of quaternary nitrogens is 2. The summed E-state index contributed by atoms with van der Waals surface area (Å²) >= 11 is 0. The van der Waals surface area contributed by atoms with Crippen molar-refractivity contribution in [3.8, 4) is 11.8 Å². The predicted octanol–water partition coefficient (Wildman–Crippen LogP) is 1.56. The van der Waals surface area contributed by atoms with Gasteiger partial charge in [0.05, 0.1) is 62.1 Å². The van der Waals surface area contributed by atoms with E-state index in [1.807, 2.05) is 12.8 Å². The fourth-order valence-corrected chi connectivity index (χ4v) is 12.3. The van der Waals surface area contributed by atoms with Crippen LogP contribution in [0.2, 0.25) is 0 Å². The number of carbonyl (C=O) groups excluding carboxylic acids is 2. The standard InChI is InChI=1S/C45H69N4O7/c1-56-41-20-31-6-9-42(54)45(13-10-27(18-43(45)55)2-3-28-16-33-4-7-35(50)22-37(33)48-25-28)14-11-32(36(31)23-40(41)53)19-39(52)38(51)8-5-30-21-44(46)49-26-34(30)17-29-12-15-47-24-29/h12,15,24,27-28,30-34,36-41,43-44,48-49,51-53,55H,2-10,13,16-23,25-26,46H2,1H3/q+1/p+2. The van der Waals surface area contributed by atoms with Gasteiger partial charge >= 0.3 is 0 Å².